The number of benzene rings is 2. The number of hydrogen-bond donors (Lipinski definition) is 0. The number of methoxy groups -OCH3 is 1. The van der Waals surface area contributed by atoms with Crippen LogP contribution in [0.25, 0.3) is 10.2 Å². The molecule has 0 saturated carbocycles. The number of carbonyl (C=O) groups excluding carboxylic acids is 1. The van der Waals surface area contributed by atoms with Gasteiger partial charge in [-0.1, -0.05) is 35.1 Å². The molecule has 1 heterocycles. The van der Waals surface area contributed by atoms with Gasteiger partial charge in [0.1, 0.15) is 4.90 Å². The van der Waals surface area contributed by atoms with Crippen molar-refractivity contribution >= 4 is 54.1 Å². The Morgan fingerprint density at radius 2 is 2.00 bits per heavy atom. The molecular weight excluding hydrogens is 408 g/mol. The van der Waals surface area contributed by atoms with E-state index in [0.29, 0.717) is 10.6 Å². The average Bonchev–Trinajstić information content (AvgIpc) is 3.05. The van der Waals surface area contributed by atoms with Crippen LogP contribution in [0.15, 0.2) is 47.4 Å². The van der Waals surface area contributed by atoms with Gasteiger partial charge >= 0.3 is 0 Å². The highest BCUT2D eigenvalue weighted by molar-refractivity contribution is 7.93. The fraction of sp³-hybridized carbons (Fsp3) is 0.222. The Kier molecular flexibility index (Phi) is 5.81. The summed E-state index contributed by atoms with van der Waals surface area (Å²) >= 11 is 7.43. The minimum atomic E-state index is -4.04. The van der Waals surface area contributed by atoms with Crippen LogP contribution in [0.5, 0.6) is 0 Å². The molecule has 3 aromatic rings. The van der Waals surface area contributed by atoms with Gasteiger partial charge in [-0.25, -0.2) is 17.7 Å². The topological polar surface area (TPSA) is 76.6 Å². The van der Waals surface area contributed by atoms with Crippen LogP contribution in [0, 0.1) is 0 Å². The molecule has 3 rings (SSSR count). The predicted molar refractivity (Wildman–Crippen MR) is 107 cm³/mol. The number of ketones is 1. The highest BCUT2D eigenvalue weighted by Gasteiger charge is 2.30. The Labute approximate surface area is 166 Å². The van der Waals surface area contributed by atoms with E-state index in [0.717, 1.165) is 4.70 Å². The normalized spacial score (nSPS) is 11.7. The summed E-state index contributed by atoms with van der Waals surface area (Å²) in [6.45, 7) is 1.62. The number of aromatic nitrogens is 1. The second-order valence-corrected chi connectivity index (χ2v) is 8.98. The minimum Gasteiger partial charge on any atom is -0.383 e. The number of thiazole rings is 1. The van der Waals surface area contributed by atoms with Gasteiger partial charge in [0.05, 0.1) is 28.4 Å². The first kappa shape index (κ1) is 19.8. The van der Waals surface area contributed by atoms with Crippen LogP contribution < -0.4 is 4.31 Å². The Hall–Kier alpha value is -2.00. The highest BCUT2D eigenvalue weighted by Crippen LogP contribution is 2.34. The summed E-state index contributed by atoms with van der Waals surface area (Å²) in [4.78, 5) is 16.0. The van der Waals surface area contributed by atoms with Crippen LogP contribution in [0.4, 0.5) is 5.13 Å². The van der Waals surface area contributed by atoms with Crippen LogP contribution in [0.1, 0.15) is 17.3 Å². The molecular formula is C18H17ClN2O4S2. The number of sulfonamides is 1. The molecule has 0 aliphatic carbocycles. The lowest BCUT2D eigenvalue weighted by atomic mass is 10.1. The van der Waals surface area contributed by atoms with Gasteiger partial charge in [-0.3, -0.25) is 4.79 Å². The third-order valence-corrected chi connectivity index (χ3v) is 7.35. The van der Waals surface area contributed by atoms with E-state index in [1.807, 2.05) is 24.3 Å². The molecule has 0 unspecified atom stereocenters. The number of hydrogen-bond acceptors (Lipinski definition) is 6. The number of halogens is 1. The number of ether oxygens (including phenoxy) is 1. The smallest absolute Gasteiger partial charge is 0.267 e. The van der Waals surface area contributed by atoms with E-state index in [2.05, 4.69) is 4.98 Å². The molecule has 6 nitrogen and oxygen atoms in total. The van der Waals surface area contributed by atoms with E-state index in [4.69, 9.17) is 16.3 Å². The van der Waals surface area contributed by atoms with Crippen LogP contribution in [0.3, 0.4) is 0 Å². The molecule has 0 atom stereocenters. The zero-order chi connectivity index (χ0) is 19.6. The summed E-state index contributed by atoms with van der Waals surface area (Å²) in [6.07, 6.45) is 0. The van der Waals surface area contributed by atoms with Gasteiger partial charge in [-0.15, -0.1) is 0 Å². The van der Waals surface area contributed by atoms with Crippen molar-refractivity contribution in [1.82, 2.24) is 4.98 Å². The van der Waals surface area contributed by atoms with Gasteiger partial charge in [-0.2, -0.15) is 0 Å². The fourth-order valence-corrected chi connectivity index (χ4v) is 5.60. The maximum absolute atomic E-state index is 13.4. The first-order chi connectivity index (χ1) is 12.8. The van der Waals surface area contributed by atoms with Crippen molar-refractivity contribution in [2.75, 3.05) is 24.6 Å². The van der Waals surface area contributed by atoms with E-state index < -0.39 is 10.0 Å². The number of carbonyl (C=O) groups is 1. The van der Waals surface area contributed by atoms with E-state index >= 15 is 0 Å². The standard InChI is InChI=1S/C18H17ClN2O4S2/c1-12(22)13-7-8-14(19)17(11-13)27(23,24)21(9-10-25-2)18-20-15-5-3-4-6-16(15)26-18/h3-8,11H,9-10H2,1-2H3. The van der Waals surface area contributed by atoms with Crippen LogP contribution >= 0.6 is 22.9 Å². The van der Waals surface area contributed by atoms with E-state index in [1.165, 1.54) is 47.9 Å². The molecule has 0 bridgehead atoms. The monoisotopic (exact) mass is 424 g/mol. The van der Waals surface area contributed by atoms with Crippen molar-refractivity contribution in [3.63, 3.8) is 0 Å². The maximum Gasteiger partial charge on any atom is 0.267 e. The molecule has 0 amide bonds. The number of fused-ring (bicyclic) bond motifs is 1. The third kappa shape index (κ3) is 3.98. The third-order valence-electron chi connectivity index (χ3n) is 3.90. The van der Waals surface area contributed by atoms with E-state index in [-0.39, 0.29) is 34.4 Å². The molecule has 27 heavy (non-hydrogen) atoms. The number of Topliss-reactive ketones (excluding diaryl/α,β-unsaturated/α-hetero) is 1. The molecule has 0 spiro atoms. The second kappa shape index (κ2) is 7.93. The Morgan fingerprint density at radius 3 is 2.67 bits per heavy atom. The van der Waals surface area contributed by atoms with Gasteiger partial charge in [0, 0.05) is 12.7 Å². The summed E-state index contributed by atoms with van der Waals surface area (Å²) in [7, 11) is -2.55. The fourth-order valence-electron chi connectivity index (χ4n) is 2.50. The van der Waals surface area contributed by atoms with Gasteiger partial charge < -0.3 is 4.74 Å². The second-order valence-electron chi connectivity index (χ2n) is 5.74. The minimum absolute atomic E-state index is 0.0449. The van der Waals surface area contributed by atoms with Gasteiger partial charge in [0.25, 0.3) is 10.0 Å². The number of anilines is 1. The molecule has 0 fully saturated rings. The molecule has 1 aromatic heterocycles. The lowest BCUT2D eigenvalue weighted by molar-refractivity contribution is 0.101. The molecule has 2 aromatic carbocycles. The Balaban J connectivity index is 2.14. The Bertz CT molecular complexity index is 1060. The maximum atomic E-state index is 13.4. The van der Waals surface area contributed by atoms with E-state index in [9.17, 15) is 13.2 Å². The number of rotatable bonds is 7. The number of nitrogens with zero attached hydrogens (tertiary/aromatic N) is 2. The van der Waals surface area contributed by atoms with Crippen LogP contribution in [0.2, 0.25) is 5.02 Å². The summed E-state index contributed by atoms with van der Waals surface area (Å²) in [5.41, 5.74) is 0.979. The van der Waals surface area contributed by atoms with Crippen LogP contribution in [-0.2, 0) is 14.8 Å². The van der Waals surface area contributed by atoms with Crippen molar-refractivity contribution in [2.45, 2.75) is 11.8 Å². The zero-order valence-electron chi connectivity index (χ0n) is 14.7. The highest BCUT2D eigenvalue weighted by atomic mass is 35.5. The summed E-state index contributed by atoms with van der Waals surface area (Å²) in [5, 5.41) is 0.362. The molecule has 142 valence electrons. The van der Waals surface area contributed by atoms with Crippen molar-refractivity contribution in [2.24, 2.45) is 0 Å². The quantitative estimate of drug-likeness (QED) is 0.536. The Morgan fingerprint density at radius 1 is 1.26 bits per heavy atom. The molecule has 9 heteroatoms. The lowest BCUT2D eigenvalue weighted by Crippen LogP contribution is -2.34. The first-order valence-electron chi connectivity index (χ1n) is 8.02. The number of para-hydroxylation sites is 1. The summed E-state index contributed by atoms with van der Waals surface area (Å²) in [5.74, 6) is -0.244. The van der Waals surface area contributed by atoms with Crippen molar-refractivity contribution < 1.29 is 17.9 Å². The molecule has 0 N–H and O–H groups in total. The summed E-state index contributed by atoms with van der Waals surface area (Å²) in [6, 6.07) is 11.6. The molecule has 0 aliphatic heterocycles. The molecule has 0 saturated heterocycles. The van der Waals surface area contributed by atoms with Gasteiger partial charge in [-0.05, 0) is 37.3 Å². The van der Waals surface area contributed by atoms with Gasteiger partial charge in [0.2, 0.25) is 5.13 Å². The average molecular weight is 425 g/mol. The van der Waals surface area contributed by atoms with Gasteiger partial charge in [0.15, 0.2) is 5.78 Å². The lowest BCUT2D eigenvalue weighted by Gasteiger charge is -2.22. The zero-order valence-corrected chi connectivity index (χ0v) is 17.1. The van der Waals surface area contributed by atoms with Crippen molar-refractivity contribution in [3.05, 3.63) is 53.1 Å². The summed E-state index contributed by atoms with van der Waals surface area (Å²) < 4.78 is 33.8. The SMILES string of the molecule is COCCN(c1nc2ccccc2s1)S(=O)(=O)c1cc(C(C)=O)ccc1Cl. The van der Waals surface area contributed by atoms with Crippen molar-refractivity contribution in [3.8, 4) is 0 Å². The van der Waals surface area contributed by atoms with Crippen LogP contribution in [-0.4, -0.2) is 39.4 Å². The first-order valence-corrected chi connectivity index (χ1v) is 10.7. The largest absolute Gasteiger partial charge is 0.383 e. The predicted octanol–water partition coefficient (Wildman–Crippen LogP) is 3.99. The molecule has 0 aliphatic rings. The molecule has 0 radical (unpaired) electrons. The van der Waals surface area contributed by atoms with Crippen molar-refractivity contribution in [1.29, 1.82) is 0 Å². The van der Waals surface area contributed by atoms with E-state index in [1.54, 1.807) is 0 Å².